The van der Waals surface area contributed by atoms with Crippen molar-refractivity contribution in [2.75, 3.05) is 24.9 Å². The van der Waals surface area contributed by atoms with Gasteiger partial charge < -0.3 is 10.6 Å². The number of halogens is 7. The highest BCUT2D eigenvalue weighted by atomic mass is 35.5. The lowest BCUT2D eigenvalue weighted by Crippen LogP contribution is -2.38. The van der Waals surface area contributed by atoms with E-state index >= 15 is 8.78 Å². The molecule has 1 fully saturated rings. The number of sulfone groups is 1. The van der Waals surface area contributed by atoms with Crippen LogP contribution < -0.4 is 20.9 Å². The maximum atomic E-state index is 15.4. The van der Waals surface area contributed by atoms with Crippen molar-refractivity contribution < 1.29 is 48.0 Å². The number of hydrogen-bond donors (Lipinski definition) is 4. The number of rotatable bonds is 13. The minimum atomic E-state index is -4.06. The van der Waals surface area contributed by atoms with Gasteiger partial charge in [0.2, 0.25) is 30.1 Å². The number of nitrogens with zero attached hydrogens (tertiary/aromatic N) is 5. The zero-order chi connectivity index (χ0) is 43.8. The quantitative estimate of drug-likeness (QED) is 0.0702. The maximum absolute atomic E-state index is 15.4. The molecule has 0 spiro atoms. The Bertz CT molecular complexity index is 2890. The number of aromatic nitrogens is 5. The van der Waals surface area contributed by atoms with Gasteiger partial charge in [0.15, 0.2) is 0 Å². The summed E-state index contributed by atoms with van der Waals surface area (Å²) in [4.78, 5) is 37.0. The van der Waals surface area contributed by atoms with Crippen molar-refractivity contribution in [2.24, 2.45) is 5.92 Å². The first-order valence-corrected chi connectivity index (χ1v) is 22.4. The Kier molecular flexibility index (Phi) is 10.9. The van der Waals surface area contributed by atoms with Crippen LogP contribution in [-0.4, -0.2) is 72.5 Å². The Morgan fingerprint density at radius 2 is 1.75 bits per heavy atom. The van der Waals surface area contributed by atoms with E-state index < -0.39 is 109 Å². The SMILES string of the molecule is CNc1c(-n2c([C@H](Cc3cc(F)cc(F)c3)NC(=O)Cn3nc(C(F)F)c4c3C(F)(F)[C@@H]3C[C@H]43)nc(-c3csc(S(C)(=O)=O)n3)cc2=O)ccc(Cl)c1C(=N)NS(C)(=O)=O. The van der Waals surface area contributed by atoms with Gasteiger partial charge in [0.05, 0.1) is 40.0 Å². The van der Waals surface area contributed by atoms with Crippen LogP contribution in [-0.2, 0) is 43.5 Å². The van der Waals surface area contributed by atoms with E-state index in [0.717, 1.165) is 35.3 Å². The average Bonchev–Trinajstić information content (AvgIpc) is 3.48. The van der Waals surface area contributed by atoms with Crippen LogP contribution in [0.2, 0.25) is 5.02 Å². The summed E-state index contributed by atoms with van der Waals surface area (Å²) >= 11 is 7.14. The van der Waals surface area contributed by atoms with Gasteiger partial charge in [0.1, 0.15) is 46.9 Å². The van der Waals surface area contributed by atoms with Crippen molar-refractivity contribution >= 4 is 60.2 Å². The topological polar surface area (TPSA) is 211 Å². The Labute approximate surface area is 345 Å². The largest absolute Gasteiger partial charge is 0.386 e. The van der Waals surface area contributed by atoms with Crippen LogP contribution in [0.4, 0.5) is 32.0 Å². The number of hydrogen-bond acceptors (Lipinski definition) is 12. The minimum Gasteiger partial charge on any atom is -0.386 e. The molecule has 2 aliphatic carbocycles. The number of sulfonamides is 1. The molecule has 3 aromatic heterocycles. The Hall–Kier alpha value is -5.33. The number of amidine groups is 1. The highest BCUT2D eigenvalue weighted by Gasteiger charge is 2.67. The third kappa shape index (κ3) is 8.11. The van der Waals surface area contributed by atoms with Crippen molar-refractivity contribution in [3.05, 3.63) is 103 Å². The van der Waals surface area contributed by atoms with Crippen LogP contribution in [0.1, 0.15) is 58.7 Å². The lowest BCUT2D eigenvalue weighted by Gasteiger charge is -2.25. The van der Waals surface area contributed by atoms with Crippen molar-refractivity contribution in [1.29, 1.82) is 5.41 Å². The normalized spacial score (nSPS) is 17.2. The molecule has 2 aromatic carbocycles. The molecule has 0 unspecified atom stereocenters. The molecule has 318 valence electrons. The average molecular weight is 918 g/mol. The third-order valence-electron chi connectivity index (χ3n) is 9.64. The van der Waals surface area contributed by atoms with Gasteiger partial charge in [0, 0.05) is 48.7 Å². The Balaban J connectivity index is 1.43. The molecule has 4 N–H and O–H groups in total. The predicted molar refractivity (Wildman–Crippen MR) is 206 cm³/mol. The lowest BCUT2D eigenvalue weighted by atomic mass is 10.0. The first-order chi connectivity index (χ1) is 28.0. The molecule has 3 heterocycles. The third-order valence-corrected chi connectivity index (χ3v) is 13.1. The van der Waals surface area contributed by atoms with Gasteiger partial charge in [-0.3, -0.25) is 29.0 Å². The molecule has 15 nitrogen and oxygen atoms in total. The number of alkyl halides is 4. The number of fused-ring (bicyclic) bond motifs is 3. The molecule has 0 saturated heterocycles. The van der Waals surface area contributed by atoms with E-state index in [4.69, 9.17) is 17.0 Å². The summed E-state index contributed by atoms with van der Waals surface area (Å²) in [6, 6.07) is 4.09. The van der Waals surface area contributed by atoms with Crippen LogP contribution in [0.15, 0.2) is 50.9 Å². The van der Waals surface area contributed by atoms with E-state index in [-0.39, 0.29) is 55.2 Å². The maximum Gasteiger partial charge on any atom is 0.293 e. The summed E-state index contributed by atoms with van der Waals surface area (Å²) in [5.74, 6) is -10.2. The predicted octanol–water partition coefficient (Wildman–Crippen LogP) is 5.05. The van der Waals surface area contributed by atoms with Crippen LogP contribution in [0.25, 0.3) is 17.1 Å². The fourth-order valence-corrected chi connectivity index (χ4v) is 9.63. The van der Waals surface area contributed by atoms with E-state index in [1.165, 1.54) is 24.6 Å². The number of carbonyl (C=O) groups is 1. The number of anilines is 1. The molecule has 5 aromatic rings. The van der Waals surface area contributed by atoms with Crippen molar-refractivity contribution in [1.82, 2.24) is 34.4 Å². The summed E-state index contributed by atoms with van der Waals surface area (Å²) in [5, 5.41) is 18.6. The molecular weight excluding hydrogens is 888 g/mol. The van der Waals surface area contributed by atoms with E-state index in [9.17, 15) is 44.0 Å². The summed E-state index contributed by atoms with van der Waals surface area (Å²) in [6.07, 6.45) is -2.21. The molecule has 25 heteroatoms. The molecule has 0 bridgehead atoms. The van der Waals surface area contributed by atoms with E-state index in [0.29, 0.717) is 22.1 Å². The zero-order valence-corrected chi connectivity index (χ0v) is 34.2. The molecule has 7 rings (SSSR count). The second-order valence-electron chi connectivity index (χ2n) is 14.0. The summed E-state index contributed by atoms with van der Waals surface area (Å²) in [6.45, 7) is -1.06. The standard InChI is InChI=1S/C35H30ClF6N9O6S3/c1-44-28-23(5-4-19(36)27(28)32(43)49-60(3,56)57)51-25(53)11-20(22-13-58-34(47-22)59(2,54)55)46-33(51)21(8-14-6-15(37)9-16(38)7-14)45-24(52)12-50-30-26(29(48-50)31(39)40)17-10-18(17)35(30,41)42/h4-7,9,11,13,17-18,21,31,44H,8,10,12H2,1-3H3,(H2,43,49)(H,45,52)/t17-,18+,21-/m0/s1. The number of thiazole rings is 1. The smallest absolute Gasteiger partial charge is 0.293 e. The van der Waals surface area contributed by atoms with E-state index in [2.05, 4.69) is 25.7 Å². The van der Waals surface area contributed by atoms with Gasteiger partial charge in [-0.05, 0) is 42.2 Å². The minimum absolute atomic E-state index is 0.0428. The van der Waals surface area contributed by atoms with Crippen molar-refractivity contribution in [2.45, 2.75) is 48.0 Å². The Morgan fingerprint density at radius 1 is 1.07 bits per heavy atom. The molecule has 1 saturated carbocycles. The molecule has 3 atom stereocenters. The first-order valence-electron chi connectivity index (χ1n) is 17.4. The number of benzene rings is 2. The van der Waals surface area contributed by atoms with Gasteiger partial charge in [-0.1, -0.05) is 11.6 Å². The number of amides is 1. The van der Waals surface area contributed by atoms with Crippen LogP contribution in [0.5, 0.6) is 0 Å². The molecular formula is C35H30ClF6N9O6S3. The van der Waals surface area contributed by atoms with Gasteiger partial charge in [-0.15, -0.1) is 11.3 Å². The summed E-state index contributed by atoms with van der Waals surface area (Å²) in [7, 11) is -6.58. The zero-order valence-electron chi connectivity index (χ0n) is 31.0. The first kappa shape index (κ1) is 42.8. The van der Waals surface area contributed by atoms with Crippen LogP contribution >= 0.6 is 22.9 Å². The van der Waals surface area contributed by atoms with Crippen LogP contribution in [0.3, 0.4) is 0 Å². The molecule has 0 radical (unpaired) electrons. The molecule has 2 aliphatic rings. The fraction of sp³-hybridized carbons (Fsp3) is 0.314. The van der Waals surface area contributed by atoms with Gasteiger partial charge in [-0.25, -0.2) is 44.4 Å². The lowest BCUT2D eigenvalue weighted by molar-refractivity contribution is -0.123. The van der Waals surface area contributed by atoms with Gasteiger partial charge in [-0.2, -0.15) is 13.9 Å². The molecule has 0 aliphatic heterocycles. The number of carbonyl (C=O) groups excluding carboxylic acids is 1. The van der Waals surface area contributed by atoms with Crippen molar-refractivity contribution in [3.8, 4) is 17.1 Å². The van der Waals surface area contributed by atoms with E-state index in [1.807, 2.05) is 4.72 Å². The number of nitrogens with one attached hydrogen (secondary N) is 4. The Morgan fingerprint density at radius 3 is 2.35 bits per heavy atom. The highest BCUT2D eigenvalue weighted by molar-refractivity contribution is 7.92. The molecule has 60 heavy (non-hydrogen) atoms. The van der Waals surface area contributed by atoms with E-state index in [1.54, 1.807) is 0 Å². The van der Waals surface area contributed by atoms with Gasteiger partial charge >= 0.3 is 0 Å². The fourth-order valence-electron chi connectivity index (χ4n) is 7.26. The molecule has 1 amide bonds. The van der Waals surface area contributed by atoms with Crippen LogP contribution in [0, 0.1) is 23.0 Å². The second kappa shape index (κ2) is 15.3. The van der Waals surface area contributed by atoms with Crippen molar-refractivity contribution in [3.63, 3.8) is 0 Å². The monoisotopic (exact) mass is 917 g/mol. The second-order valence-corrected chi connectivity index (χ2v) is 19.2. The summed E-state index contributed by atoms with van der Waals surface area (Å²) in [5.41, 5.74) is -4.18. The highest BCUT2D eigenvalue weighted by Crippen LogP contribution is 2.68. The summed E-state index contributed by atoms with van der Waals surface area (Å²) < 4.78 is 140. The van der Waals surface area contributed by atoms with Gasteiger partial charge in [0.25, 0.3) is 17.9 Å².